The first-order chi connectivity index (χ1) is 21.6. The maximum atomic E-state index is 15.0. The zero-order valence-electron chi connectivity index (χ0n) is 24.4. The van der Waals surface area contributed by atoms with Gasteiger partial charge in [0.15, 0.2) is 11.5 Å². The number of fused-ring (bicyclic) bond motifs is 4. The molecule has 2 saturated heterocycles. The average molecular weight is 630 g/mol. The van der Waals surface area contributed by atoms with Crippen molar-refractivity contribution in [3.8, 4) is 11.5 Å². The number of imide groups is 2. The van der Waals surface area contributed by atoms with E-state index in [-0.39, 0.29) is 29.7 Å². The van der Waals surface area contributed by atoms with Gasteiger partial charge >= 0.3 is 0 Å². The van der Waals surface area contributed by atoms with Gasteiger partial charge in [-0.05, 0) is 78.4 Å². The smallest absolute Gasteiger partial charge is 0.260 e. The number of phenolic OH excluding ortho intramolecular Hbond substituents is 1. The van der Waals surface area contributed by atoms with Crippen molar-refractivity contribution in [3.05, 3.63) is 100 Å². The molecule has 0 bridgehead atoms. The Morgan fingerprint density at radius 2 is 1.67 bits per heavy atom. The molecule has 2 aliphatic heterocycles. The number of amides is 4. The second-order valence-corrected chi connectivity index (χ2v) is 12.5. The van der Waals surface area contributed by atoms with Crippen molar-refractivity contribution in [2.24, 2.45) is 23.7 Å². The second-order valence-electron chi connectivity index (χ2n) is 12.0. The number of methoxy groups -OCH3 is 1. The zero-order chi connectivity index (χ0) is 31.8. The van der Waals surface area contributed by atoms with Crippen LogP contribution in [0.25, 0.3) is 0 Å². The number of allylic oxidation sites excluding steroid dienone is 2. The van der Waals surface area contributed by atoms with Gasteiger partial charge in [0.05, 0.1) is 36.0 Å². The van der Waals surface area contributed by atoms with E-state index >= 15 is 4.79 Å². The third-order valence-electron chi connectivity index (χ3n) is 10.0. The largest absolute Gasteiger partial charge is 0.504 e. The van der Waals surface area contributed by atoms with Crippen LogP contribution in [0.5, 0.6) is 11.5 Å². The number of aromatic hydroxyl groups is 1. The summed E-state index contributed by atoms with van der Waals surface area (Å²) in [5.41, 5.74) is 3.65. The minimum Gasteiger partial charge on any atom is -0.504 e. The standard InChI is InChI=1S/C34H29ClFN3O6/c1-38-30(41)23-13-12-22-24(28(23)32(38)43)16-25-31(42)39(37-21-10-8-20(36)9-11-21)33(44)34(25,18-4-6-19(35)7-5-18)29(22)17-3-14-26(40)27(15-17)45-2/h3-12,14-15,23-25,28-29,37,40H,13,16H2,1-2H3/t23-,24+,25-,28-,29-,34+/m0/s1. The van der Waals surface area contributed by atoms with Crippen LogP contribution in [0.3, 0.4) is 0 Å². The fourth-order valence-corrected chi connectivity index (χ4v) is 8.19. The van der Waals surface area contributed by atoms with Gasteiger partial charge in [0.2, 0.25) is 11.8 Å². The van der Waals surface area contributed by atoms with Gasteiger partial charge in [0.1, 0.15) is 5.82 Å². The number of rotatable bonds is 5. The second kappa shape index (κ2) is 10.4. The van der Waals surface area contributed by atoms with Crippen LogP contribution in [0.2, 0.25) is 5.02 Å². The van der Waals surface area contributed by atoms with Crippen molar-refractivity contribution in [1.29, 1.82) is 0 Å². The Hall–Kier alpha value is -4.70. The normalized spacial score (nSPS) is 28.9. The van der Waals surface area contributed by atoms with Crippen LogP contribution in [0.4, 0.5) is 10.1 Å². The molecule has 4 amide bonds. The van der Waals surface area contributed by atoms with Gasteiger partial charge < -0.3 is 9.84 Å². The molecule has 7 rings (SSSR count). The third kappa shape index (κ3) is 4.11. The van der Waals surface area contributed by atoms with Crippen molar-refractivity contribution < 1.29 is 33.4 Å². The van der Waals surface area contributed by atoms with Gasteiger partial charge in [-0.25, -0.2) is 4.39 Å². The van der Waals surface area contributed by atoms with Gasteiger partial charge in [-0.2, -0.15) is 5.01 Å². The number of carbonyl (C=O) groups is 4. The Bertz CT molecular complexity index is 1790. The highest BCUT2D eigenvalue weighted by Gasteiger charge is 2.70. The minimum absolute atomic E-state index is 0.102. The topological polar surface area (TPSA) is 116 Å². The van der Waals surface area contributed by atoms with Gasteiger partial charge in [0.25, 0.3) is 11.8 Å². The maximum absolute atomic E-state index is 15.0. The molecule has 2 aliphatic carbocycles. The fourth-order valence-electron chi connectivity index (χ4n) is 8.06. The molecular weight excluding hydrogens is 601 g/mol. The number of anilines is 1. The number of hydrogen-bond donors (Lipinski definition) is 2. The SMILES string of the molecule is COc1cc([C@H]2C3=CC[C@@H]4C(=O)N(C)C(=O)[C@@H]4[C@@H]3C[C@H]3C(=O)N(Nc4ccc(F)cc4)C(=O)[C@@]23c2ccc(Cl)cc2)ccc1O. The van der Waals surface area contributed by atoms with Crippen molar-refractivity contribution >= 4 is 40.9 Å². The summed E-state index contributed by atoms with van der Waals surface area (Å²) in [7, 11) is 2.90. The Balaban J connectivity index is 1.48. The lowest BCUT2D eigenvalue weighted by atomic mass is 9.49. The Morgan fingerprint density at radius 1 is 0.956 bits per heavy atom. The van der Waals surface area contributed by atoms with Crippen LogP contribution in [0, 0.1) is 29.5 Å². The number of hydrogen-bond acceptors (Lipinski definition) is 7. The maximum Gasteiger partial charge on any atom is 0.260 e. The Kier molecular flexibility index (Phi) is 6.74. The van der Waals surface area contributed by atoms with Crippen LogP contribution in [0.15, 0.2) is 78.4 Å². The molecule has 3 fully saturated rings. The lowest BCUT2D eigenvalue weighted by Gasteiger charge is -2.50. The Labute approximate surface area is 263 Å². The first-order valence-electron chi connectivity index (χ1n) is 14.6. The number of hydrazine groups is 1. The van der Waals surface area contributed by atoms with E-state index in [9.17, 15) is 23.9 Å². The van der Waals surface area contributed by atoms with E-state index in [1.807, 2.05) is 6.08 Å². The molecule has 230 valence electrons. The number of carbonyl (C=O) groups excluding carboxylic acids is 4. The number of ether oxygens (including phenoxy) is 1. The molecule has 9 nitrogen and oxygen atoms in total. The molecule has 2 N–H and O–H groups in total. The first kappa shape index (κ1) is 29.0. The highest BCUT2D eigenvalue weighted by molar-refractivity contribution is 6.30. The van der Waals surface area contributed by atoms with Crippen LogP contribution in [0.1, 0.15) is 29.9 Å². The first-order valence-corrected chi connectivity index (χ1v) is 15.0. The van der Waals surface area contributed by atoms with E-state index in [1.54, 1.807) is 36.4 Å². The monoisotopic (exact) mass is 629 g/mol. The van der Waals surface area contributed by atoms with Crippen molar-refractivity contribution in [1.82, 2.24) is 9.91 Å². The fraction of sp³-hybridized carbons (Fsp3) is 0.294. The molecule has 45 heavy (non-hydrogen) atoms. The number of benzene rings is 3. The highest BCUT2D eigenvalue weighted by Crippen LogP contribution is 2.64. The highest BCUT2D eigenvalue weighted by atomic mass is 35.5. The molecule has 2 heterocycles. The number of nitrogens with one attached hydrogen (secondary N) is 1. The molecule has 6 atom stereocenters. The van der Waals surface area contributed by atoms with E-state index in [0.717, 1.165) is 15.5 Å². The summed E-state index contributed by atoms with van der Waals surface area (Å²) in [6.07, 6.45) is 2.39. The van der Waals surface area contributed by atoms with Gasteiger partial charge in [-0.15, -0.1) is 0 Å². The molecule has 11 heteroatoms. The zero-order valence-corrected chi connectivity index (χ0v) is 25.1. The van der Waals surface area contributed by atoms with Crippen molar-refractivity contribution in [2.45, 2.75) is 24.2 Å². The lowest BCUT2D eigenvalue weighted by molar-refractivity contribution is -0.140. The summed E-state index contributed by atoms with van der Waals surface area (Å²) in [6, 6.07) is 16.9. The van der Waals surface area contributed by atoms with Crippen LogP contribution in [-0.4, -0.2) is 52.8 Å². The predicted molar refractivity (Wildman–Crippen MR) is 161 cm³/mol. The van der Waals surface area contributed by atoms with E-state index in [2.05, 4.69) is 5.43 Å². The van der Waals surface area contributed by atoms with Crippen molar-refractivity contribution in [2.75, 3.05) is 19.6 Å². The Morgan fingerprint density at radius 3 is 2.36 bits per heavy atom. The quantitative estimate of drug-likeness (QED) is 0.307. The van der Waals surface area contributed by atoms with Crippen LogP contribution >= 0.6 is 11.6 Å². The van der Waals surface area contributed by atoms with Gasteiger partial charge in [0, 0.05) is 18.0 Å². The molecule has 3 aromatic carbocycles. The average Bonchev–Trinajstić information content (AvgIpc) is 3.39. The predicted octanol–water partition coefficient (Wildman–Crippen LogP) is 4.81. The molecule has 1 saturated carbocycles. The molecule has 4 aliphatic rings. The molecular formula is C34H29ClFN3O6. The number of phenols is 1. The summed E-state index contributed by atoms with van der Waals surface area (Å²) in [5.74, 6) is -5.51. The summed E-state index contributed by atoms with van der Waals surface area (Å²) >= 11 is 6.30. The summed E-state index contributed by atoms with van der Waals surface area (Å²) < 4.78 is 19.2. The van der Waals surface area contributed by atoms with Crippen LogP contribution < -0.4 is 10.2 Å². The minimum atomic E-state index is -1.51. The molecule has 3 aromatic rings. The number of nitrogens with zero attached hydrogens (tertiary/aromatic N) is 2. The van der Waals surface area contributed by atoms with Gasteiger partial charge in [-0.3, -0.25) is 29.5 Å². The number of likely N-dealkylation sites (tertiary alicyclic amines) is 1. The lowest BCUT2D eigenvalue weighted by Crippen LogP contribution is -2.53. The van der Waals surface area contributed by atoms with Crippen molar-refractivity contribution in [3.63, 3.8) is 0 Å². The van der Waals surface area contributed by atoms with Crippen LogP contribution in [-0.2, 0) is 24.6 Å². The molecule has 0 aromatic heterocycles. The van der Waals surface area contributed by atoms with E-state index in [1.165, 1.54) is 44.5 Å². The summed E-state index contributed by atoms with van der Waals surface area (Å²) in [4.78, 5) is 57.3. The molecule has 0 radical (unpaired) electrons. The van der Waals surface area contributed by atoms with E-state index in [0.29, 0.717) is 28.3 Å². The van der Waals surface area contributed by atoms with E-state index in [4.69, 9.17) is 16.3 Å². The molecule has 0 spiro atoms. The molecule has 0 unspecified atom stereocenters. The summed E-state index contributed by atoms with van der Waals surface area (Å²) in [6.45, 7) is 0. The van der Waals surface area contributed by atoms with Gasteiger partial charge in [-0.1, -0.05) is 41.4 Å². The number of halogens is 2. The third-order valence-corrected chi connectivity index (χ3v) is 10.3. The summed E-state index contributed by atoms with van der Waals surface area (Å²) in [5, 5.41) is 11.9. The van der Waals surface area contributed by atoms with E-state index < -0.39 is 52.6 Å².